The summed E-state index contributed by atoms with van der Waals surface area (Å²) in [5.74, 6) is -0.315. The van der Waals surface area contributed by atoms with Crippen LogP contribution in [-0.4, -0.2) is 21.1 Å². The third kappa shape index (κ3) is 4.16. The Bertz CT molecular complexity index is 1120. The molecule has 1 aliphatic rings. The second-order valence-corrected chi connectivity index (χ2v) is 7.37. The Morgan fingerprint density at radius 1 is 1.10 bits per heavy atom. The van der Waals surface area contributed by atoms with Gasteiger partial charge in [-0.2, -0.15) is 0 Å². The zero-order valence-electron chi connectivity index (χ0n) is 16.4. The summed E-state index contributed by atoms with van der Waals surface area (Å²) in [6.07, 6.45) is 4.40. The summed E-state index contributed by atoms with van der Waals surface area (Å²) in [5.41, 5.74) is 3.08. The lowest BCUT2D eigenvalue weighted by atomic mass is 10.00. The molecule has 1 aromatic heterocycles. The fraction of sp³-hybridized carbons (Fsp3) is 0.136. The third-order valence-corrected chi connectivity index (χ3v) is 5.21. The molecule has 7 heteroatoms. The molecule has 146 valence electrons. The van der Waals surface area contributed by atoms with Gasteiger partial charge in [0.2, 0.25) is 5.28 Å². The first-order valence-electron chi connectivity index (χ1n) is 9.45. The van der Waals surface area contributed by atoms with Crippen LogP contribution < -0.4 is 0 Å². The topological polar surface area (TPSA) is 41.4 Å². The SMILES string of the molecule is [2H]C1=N[C@@H](c2cnc(Cl)nc2)N(C(C)c2cccc(F)c2)C(c2ccc(Cl)cc2)=C1. The van der Waals surface area contributed by atoms with Crippen LogP contribution in [0.4, 0.5) is 4.39 Å². The van der Waals surface area contributed by atoms with Crippen LogP contribution in [0.1, 0.15) is 37.2 Å². The Hall–Kier alpha value is -2.76. The summed E-state index contributed by atoms with van der Waals surface area (Å²) in [7, 11) is 0. The molecule has 2 atom stereocenters. The van der Waals surface area contributed by atoms with E-state index in [-0.39, 0.29) is 23.3 Å². The van der Waals surface area contributed by atoms with Crippen LogP contribution in [0.15, 0.2) is 72.0 Å². The zero-order chi connectivity index (χ0) is 21.3. The van der Waals surface area contributed by atoms with Gasteiger partial charge in [0.05, 0.1) is 7.41 Å². The number of halogens is 3. The van der Waals surface area contributed by atoms with Gasteiger partial charge in [0.25, 0.3) is 0 Å². The molecule has 0 fully saturated rings. The van der Waals surface area contributed by atoms with E-state index in [4.69, 9.17) is 24.6 Å². The second-order valence-electron chi connectivity index (χ2n) is 6.59. The van der Waals surface area contributed by atoms with Crippen LogP contribution in [0.25, 0.3) is 5.70 Å². The average Bonchev–Trinajstić information content (AvgIpc) is 2.74. The number of hydrogen-bond donors (Lipinski definition) is 0. The van der Waals surface area contributed by atoms with Crippen LogP contribution in [0.2, 0.25) is 10.3 Å². The van der Waals surface area contributed by atoms with Gasteiger partial charge < -0.3 is 4.90 Å². The van der Waals surface area contributed by atoms with Gasteiger partial charge in [-0.15, -0.1) is 0 Å². The van der Waals surface area contributed by atoms with E-state index in [1.54, 1.807) is 36.7 Å². The lowest BCUT2D eigenvalue weighted by molar-refractivity contribution is 0.239. The van der Waals surface area contributed by atoms with Gasteiger partial charge >= 0.3 is 0 Å². The van der Waals surface area contributed by atoms with Gasteiger partial charge in [-0.05, 0) is 60.0 Å². The molecule has 0 saturated heterocycles. The molecule has 0 saturated carbocycles. The Kier molecular flexibility index (Phi) is 5.24. The van der Waals surface area contributed by atoms with E-state index in [1.165, 1.54) is 12.1 Å². The van der Waals surface area contributed by atoms with Crippen LogP contribution >= 0.6 is 23.2 Å². The summed E-state index contributed by atoms with van der Waals surface area (Å²) in [4.78, 5) is 14.7. The van der Waals surface area contributed by atoms with E-state index < -0.39 is 6.17 Å². The Labute approximate surface area is 179 Å². The first-order chi connectivity index (χ1) is 14.4. The van der Waals surface area contributed by atoms with Gasteiger partial charge in [-0.1, -0.05) is 35.9 Å². The summed E-state index contributed by atoms with van der Waals surface area (Å²) in [6, 6.07) is 13.5. The maximum Gasteiger partial charge on any atom is 0.222 e. The number of hydrogen-bond acceptors (Lipinski definition) is 4. The van der Waals surface area contributed by atoms with Crippen molar-refractivity contribution < 1.29 is 5.76 Å². The van der Waals surface area contributed by atoms with E-state index in [9.17, 15) is 4.39 Å². The van der Waals surface area contributed by atoms with Gasteiger partial charge in [0, 0.05) is 34.9 Å². The van der Waals surface area contributed by atoms with Crippen molar-refractivity contribution in [3.8, 4) is 0 Å². The third-order valence-electron chi connectivity index (χ3n) is 4.77. The first-order valence-corrected chi connectivity index (χ1v) is 9.71. The highest BCUT2D eigenvalue weighted by Crippen LogP contribution is 2.40. The van der Waals surface area contributed by atoms with Crippen molar-refractivity contribution in [3.05, 3.63) is 99.8 Å². The molecule has 0 bridgehead atoms. The van der Waals surface area contributed by atoms with E-state index in [2.05, 4.69) is 15.0 Å². The van der Waals surface area contributed by atoms with Crippen molar-refractivity contribution in [1.29, 1.82) is 0 Å². The Balaban J connectivity index is 1.85. The molecule has 0 spiro atoms. The van der Waals surface area contributed by atoms with E-state index in [0.29, 0.717) is 10.6 Å². The number of rotatable bonds is 4. The fourth-order valence-corrected chi connectivity index (χ4v) is 3.55. The molecule has 4 nitrogen and oxygen atoms in total. The van der Waals surface area contributed by atoms with Crippen molar-refractivity contribution in [2.75, 3.05) is 0 Å². The van der Waals surface area contributed by atoms with Crippen molar-refractivity contribution in [2.45, 2.75) is 19.1 Å². The summed E-state index contributed by atoms with van der Waals surface area (Å²) >= 11 is 11.9. The van der Waals surface area contributed by atoms with Gasteiger partial charge in [-0.25, -0.2) is 14.4 Å². The maximum absolute atomic E-state index is 13.9. The standard InChI is InChI=1S/C22H17Cl2FN4/c1-14(16-3-2-4-19(25)11-16)29-20(15-5-7-18(23)8-6-15)9-10-26-21(29)17-12-27-22(24)28-13-17/h2-14,21H,1H3/t14?,21-/m1/s1/i10D. The normalized spacial score (nSPS) is 18.0. The molecule has 4 rings (SSSR count). The maximum atomic E-state index is 13.9. The molecule has 1 unspecified atom stereocenters. The van der Waals surface area contributed by atoms with E-state index in [0.717, 1.165) is 16.8 Å². The minimum atomic E-state index is -0.580. The minimum absolute atomic E-state index is 0.114. The molecular formula is C22H17Cl2FN4. The smallest absolute Gasteiger partial charge is 0.222 e. The second kappa shape index (κ2) is 8.31. The van der Waals surface area contributed by atoms with Crippen LogP contribution in [-0.2, 0) is 0 Å². The quantitative estimate of drug-likeness (QED) is 0.471. The monoisotopic (exact) mass is 427 g/mol. The summed E-state index contributed by atoms with van der Waals surface area (Å²) in [6.45, 7) is 1.97. The van der Waals surface area contributed by atoms with Gasteiger partial charge in [0.15, 0.2) is 6.17 Å². The number of allylic oxidation sites excluding steroid dienone is 1. The molecule has 1 aliphatic heterocycles. The van der Waals surface area contributed by atoms with Gasteiger partial charge in [-0.3, -0.25) is 4.99 Å². The highest BCUT2D eigenvalue weighted by Gasteiger charge is 2.30. The molecule has 29 heavy (non-hydrogen) atoms. The molecule has 0 radical (unpaired) electrons. The largest absolute Gasteiger partial charge is 0.338 e. The van der Waals surface area contributed by atoms with Crippen molar-refractivity contribution in [1.82, 2.24) is 14.9 Å². The molecule has 0 N–H and O–H groups in total. The van der Waals surface area contributed by atoms with Crippen LogP contribution in [0.5, 0.6) is 0 Å². The predicted octanol–water partition coefficient (Wildman–Crippen LogP) is 6.11. The lowest BCUT2D eigenvalue weighted by Crippen LogP contribution is -2.31. The summed E-state index contributed by atoms with van der Waals surface area (Å²) in [5, 5.41) is 0.741. The number of benzene rings is 2. The Morgan fingerprint density at radius 3 is 2.52 bits per heavy atom. The minimum Gasteiger partial charge on any atom is -0.338 e. The number of aromatic nitrogens is 2. The van der Waals surface area contributed by atoms with Gasteiger partial charge in [0.1, 0.15) is 5.82 Å². The average molecular weight is 428 g/mol. The van der Waals surface area contributed by atoms with Crippen LogP contribution in [0.3, 0.4) is 0 Å². The number of aliphatic imine (C=N–C) groups is 1. The molecule has 0 amide bonds. The molecular weight excluding hydrogens is 410 g/mol. The predicted molar refractivity (Wildman–Crippen MR) is 114 cm³/mol. The Morgan fingerprint density at radius 2 is 1.83 bits per heavy atom. The highest BCUT2D eigenvalue weighted by atomic mass is 35.5. The van der Waals surface area contributed by atoms with E-state index >= 15 is 0 Å². The molecule has 0 aliphatic carbocycles. The fourth-order valence-electron chi connectivity index (χ4n) is 3.33. The van der Waals surface area contributed by atoms with E-state index in [1.807, 2.05) is 30.0 Å². The highest BCUT2D eigenvalue weighted by molar-refractivity contribution is 6.30. The molecule has 2 aromatic carbocycles. The lowest BCUT2D eigenvalue weighted by Gasteiger charge is -2.40. The molecule has 3 aromatic rings. The first kappa shape index (κ1) is 18.3. The van der Waals surface area contributed by atoms with Crippen molar-refractivity contribution in [3.63, 3.8) is 0 Å². The molecule has 2 heterocycles. The number of nitrogens with zero attached hydrogens (tertiary/aromatic N) is 4. The summed E-state index contributed by atoms with van der Waals surface area (Å²) < 4.78 is 22.2. The zero-order valence-corrected chi connectivity index (χ0v) is 16.9. The van der Waals surface area contributed by atoms with Crippen molar-refractivity contribution >= 4 is 35.1 Å². The van der Waals surface area contributed by atoms with Crippen LogP contribution in [0, 0.1) is 5.82 Å². The van der Waals surface area contributed by atoms with Crippen molar-refractivity contribution in [2.24, 2.45) is 4.99 Å².